The maximum absolute atomic E-state index is 5.92. The van der Waals surface area contributed by atoms with E-state index in [1.54, 1.807) is 0 Å². The fraction of sp³-hybridized carbons (Fsp3) is 0.333. The highest BCUT2D eigenvalue weighted by Gasteiger charge is 2.42. The SMILES string of the molecule is Cc1ccc(Cc2cccc(C3(CN)CC3)c2)cc1. The fourth-order valence-corrected chi connectivity index (χ4v) is 2.71. The lowest BCUT2D eigenvalue weighted by molar-refractivity contribution is 0.703. The van der Waals surface area contributed by atoms with Gasteiger partial charge in [-0.05, 0) is 42.9 Å². The molecule has 1 aliphatic rings. The second kappa shape index (κ2) is 4.82. The van der Waals surface area contributed by atoms with Crippen LogP contribution in [-0.2, 0) is 11.8 Å². The second-order valence-electron chi connectivity index (χ2n) is 5.85. The zero-order valence-corrected chi connectivity index (χ0v) is 11.5. The maximum Gasteiger partial charge on any atom is 0.00763 e. The molecule has 0 radical (unpaired) electrons. The Balaban J connectivity index is 1.82. The van der Waals surface area contributed by atoms with Crippen LogP contribution in [0.25, 0.3) is 0 Å². The zero-order valence-electron chi connectivity index (χ0n) is 11.5. The third kappa shape index (κ3) is 2.57. The molecule has 2 aromatic rings. The smallest absolute Gasteiger partial charge is 0.00763 e. The number of hydrogen-bond donors (Lipinski definition) is 1. The summed E-state index contributed by atoms with van der Waals surface area (Å²) in [6.45, 7) is 2.91. The van der Waals surface area contributed by atoms with Crippen molar-refractivity contribution in [1.29, 1.82) is 0 Å². The van der Waals surface area contributed by atoms with Gasteiger partial charge in [-0.3, -0.25) is 0 Å². The van der Waals surface area contributed by atoms with E-state index >= 15 is 0 Å². The van der Waals surface area contributed by atoms with E-state index in [1.165, 1.54) is 35.1 Å². The maximum atomic E-state index is 5.92. The first-order valence-corrected chi connectivity index (χ1v) is 7.07. The first-order chi connectivity index (χ1) is 9.22. The Morgan fingerprint density at radius 2 is 1.74 bits per heavy atom. The second-order valence-corrected chi connectivity index (χ2v) is 5.85. The molecule has 2 aromatic carbocycles. The molecule has 0 aliphatic heterocycles. The Labute approximate surface area is 115 Å². The summed E-state index contributed by atoms with van der Waals surface area (Å²) in [6, 6.07) is 17.8. The number of nitrogens with two attached hydrogens (primary N) is 1. The lowest BCUT2D eigenvalue weighted by atomic mass is 9.93. The molecule has 1 fully saturated rings. The van der Waals surface area contributed by atoms with Gasteiger partial charge in [-0.15, -0.1) is 0 Å². The standard InChI is InChI=1S/C18H21N/c1-14-5-7-15(8-6-14)11-16-3-2-4-17(12-16)18(13-19)9-10-18/h2-8,12H,9-11,13,19H2,1H3. The summed E-state index contributed by atoms with van der Waals surface area (Å²) in [6.07, 6.45) is 3.50. The van der Waals surface area contributed by atoms with Crippen molar-refractivity contribution in [2.45, 2.75) is 31.6 Å². The molecular formula is C18H21N. The summed E-state index contributed by atoms with van der Waals surface area (Å²) in [5, 5.41) is 0. The van der Waals surface area contributed by atoms with Gasteiger partial charge in [0.1, 0.15) is 0 Å². The van der Waals surface area contributed by atoms with E-state index in [4.69, 9.17) is 5.73 Å². The molecule has 98 valence electrons. The average Bonchev–Trinajstić information content (AvgIpc) is 3.23. The molecule has 1 heteroatoms. The molecule has 0 saturated heterocycles. The summed E-state index contributed by atoms with van der Waals surface area (Å²) < 4.78 is 0. The molecular weight excluding hydrogens is 230 g/mol. The third-order valence-electron chi connectivity index (χ3n) is 4.31. The van der Waals surface area contributed by atoms with Crippen LogP contribution in [0, 0.1) is 6.92 Å². The van der Waals surface area contributed by atoms with Crippen LogP contribution in [0.15, 0.2) is 48.5 Å². The van der Waals surface area contributed by atoms with Crippen LogP contribution in [0.2, 0.25) is 0 Å². The number of hydrogen-bond acceptors (Lipinski definition) is 1. The Kier molecular flexibility index (Phi) is 3.16. The predicted molar refractivity (Wildman–Crippen MR) is 80.4 cm³/mol. The van der Waals surface area contributed by atoms with E-state index in [9.17, 15) is 0 Å². The first-order valence-electron chi connectivity index (χ1n) is 7.07. The summed E-state index contributed by atoms with van der Waals surface area (Å²) in [7, 11) is 0. The predicted octanol–water partition coefficient (Wildman–Crippen LogP) is 3.58. The molecule has 0 spiro atoms. The number of aryl methyl sites for hydroxylation is 1. The van der Waals surface area contributed by atoms with Crippen molar-refractivity contribution in [2.24, 2.45) is 5.73 Å². The highest BCUT2D eigenvalue weighted by Crippen LogP contribution is 2.47. The van der Waals surface area contributed by atoms with Gasteiger partial charge in [0.25, 0.3) is 0 Å². The summed E-state index contributed by atoms with van der Waals surface area (Å²) in [4.78, 5) is 0. The number of benzene rings is 2. The largest absolute Gasteiger partial charge is 0.330 e. The van der Waals surface area contributed by atoms with Crippen molar-refractivity contribution in [3.05, 3.63) is 70.8 Å². The highest BCUT2D eigenvalue weighted by molar-refractivity contribution is 5.37. The van der Waals surface area contributed by atoms with Gasteiger partial charge in [0, 0.05) is 12.0 Å². The van der Waals surface area contributed by atoms with Crippen LogP contribution in [0.5, 0.6) is 0 Å². The molecule has 0 unspecified atom stereocenters. The highest BCUT2D eigenvalue weighted by atomic mass is 14.7. The minimum Gasteiger partial charge on any atom is -0.330 e. The van der Waals surface area contributed by atoms with Gasteiger partial charge in [0.05, 0.1) is 0 Å². The summed E-state index contributed by atoms with van der Waals surface area (Å²) in [5.74, 6) is 0. The van der Waals surface area contributed by atoms with Gasteiger partial charge in [-0.2, -0.15) is 0 Å². The van der Waals surface area contributed by atoms with Gasteiger partial charge >= 0.3 is 0 Å². The molecule has 0 aromatic heterocycles. The van der Waals surface area contributed by atoms with Crippen molar-refractivity contribution in [3.8, 4) is 0 Å². The van der Waals surface area contributed by atoms with E-state index in [0.717, 1.165) is 13.0 Å². The van der Waals surface area contributed by atoms with Gasteiger partial charge in [0.2, 0.25) is 0 Å². The van der Waals surface area contributed by atoms with E-state index < -0.39 is 0 Å². The molecule has 0 bridgehead atoms. The van der Waals surface area contributed by atoms with Crippen LogP contribution >= 0.6 is 0 Å². The van der Waals surface area contributed by atoms with Crippen LogP contribution in [-0.4, -0.2) is 6.54 Å². The van der Waals surface area contributed by atoms with Crippen molar-refractivity contribution < 1.29 is 0 Å². The minimum absolute atomic E-state index is 0.295. The fourth-order valence-electron chi connectivity index (χ4n) is 2.71. The molecule has 3 rings (SSSR count). The topological polar surface area (TPSA) is 26.0 Å². The van der Waals surface area contributed by atoms with Crippen molar-refractivity contribution in [1.82, 2.24) is 0 Å². The van der Waals surface area contributed by atoms with E-state index in [-0.39, 0.29) is 0 Å². The molecule has 0 amide bonds. The summed E-state index contributed by atoms with van der Waals surface area (Å²) >= 11 is 0. The van der Waals surface area contributed by atoms with Crippen molar-refractivity contribution in [2.75, 3.05) is 6.54 Å². The lowest BCUT2D eigenvalue weighted by Crippen LogP contribution is -2.19. The normalized spacial score (nSPS) is 16.3. The van der Waals surface area contributed by atoms with Crippen LogP contribution in [0.1, 0.15) is 35.1 Å². The van der Waals surface area contributed by atoms with E-state index in [0.29, 0.717) is 5.41 Å². The monoisotopic (exact) mass is 251 g/mol. The Hall–Kier alpha value is -1.60. The zero-order chi connectivity index (χ0) is 13.3. The van der Waals surface area contributed by atoms with Crippen LogP contribution < -0.4 is 5.73 Å². The van der Waals surface area contributed by atoms with Crippen LogP contribution in [0.3, 0.4) is 0 Å². The summed E-state index contributed by atoms with van der Waals surface area (Å²) in [5.41, 5.74) is 11.7. The lowest BCUT2D eigenvalue weighted by Gasteiger charge is -2.14. The van der Waals surface area contributed by atoms with Crippen LogP contribution in [0.4, 0.5) is 0 Å². The molecule has 2 N–H and O–H groups in total. The number of rotatable bonds is 4. The Morgan fingerprint density at radius 3 is 2.37 bits per heavy atom. The quantitative estimate of drug-likeness (QED) is 0.883. The molecule has 19 heavy (non-hydrogen) atoms. The molecule has 1 saturated carbocycles. The molecule has 1 aliphatic carbocycles. The average molecular weight is 251 g/mol. The molecule has 0 heterocycles. The van der Waals surface area contributed by atoms with Gasteiger partial charge < -0.3 is 5.73 Å². The van der Waals surface area contributed by atoms with Crippen molar-refractivity contribution >= 4 is 0 Å². The molecule has 1 nitrogen and oxygen atoms in total. The minimum atomic E-state index is 0.295. The van der Waals surface area contributed by atoms with E-state index in [1.807, 2.05) is 0 Å². The first kappa shape index (κ1) is 12.4. The van der Waals surface area contributed by atoms with Crippen molar-refractivity contribution in [3.63, 3.8) is 0 Å². The van der Waals surface area contributed by atoms with Gasteiger partial charge in [-0.25, -0.2) is 0 Å². The molecule has 0 atom stereocenters. The van der Waals surface area contributed by atoms with Gasteiger partial charge in [-0.1, -0.05) is 54.1 Å². The Bertz CT molecular complexity index is 564. The van der Waals surface area contributed by atoms with E-state index in [2.05, 4.69) is 55.5 Å². The third-order valence-corrected chi connectivity index (χ3v) is 4.31. The van der Waals surface area contributed by atoms with Gasteiger partial charge in [0.15, 0.2) is 0 Å². The Morgan fingerprint density at radius 1 is 1.00 bits per heavy atom.